The number of halogens is 1. The number of nitrogens with zero attached hydrogens (tertiary/aromatic N) is 2. The lowest BCUT2D eigenvalue weighted by atomic mass is 9.86. The number of fused-ring (bicyclic) bond motifs is 5. The minimum Gasteiger partial charge on any atom is -0.338 e. The zero-order valence-corrected chi connectivity index (χ0v) is 17.6. The number of hydrogen-bond acceptors (Lipinski definition) is 2. The molecule has 0 aliphatic carbocycles. The predicted octanol–water partition coefficient (Wildman–Crippen LogP) is 4.26. The van der Waals surface area contributed by atoms with Crippen molar-refractivity contribution in [1.82, 2.24) is 8.87 Å². The van der Waals surface area contributed by atoms with Crippen molar-refractivity contribution in [2.75, 3.05) is 12.3 Å². The van der Waals surface area contributed by atoms with Crippen molar-refractivity contribution in [3.8, 4) is 0 Å². The first kappa shape index (κ1) is 17.5. The summed E-state index contributed by atoms with van der Waals surface area (Å²) in [6.45, 7) is 3.42. The summed E-state index contributed by atoms with van der Waals surface area (Å²) >= 11 is 3.56. The molecule has 1 aromatic heterocycles. The normalized spacial score (nSPS) is 24.1. The zero-order valence-electron chi connectivity index (χ0n) is 15.2. The highest BCUT2D eigenvalue weighted by atomic mass is 79.9. The fraction of sp³-hybridized carbons (Fsp3) is 0.333. The monoisotopic (exact) mass is 444 g/mol. The third-order valence-corrected chi connectivity index (χ3v) is 8.58. The zero-order chi connectivity index (χ0) is 18.8. The number of hydrogen-bond donors (Lipinski definition) is 0. The number of rotatable bonds is 2. The van der Waals surface area contributed by atoms with E-state index < -0.39 is 15.6 Å². The molecule has 1 saturated heterocycles. The van der Waals surface area contributed by atoms with Gasteiger partial charge >= 0.3 is 0 Å². The molecule has 1 fully saturated rings. The fourth-order valence-corrected chi connectivity index (χ4v) is 7.42. The third kappa shape index (κ3) is 2.53. The smallest absolute Gasteiger partial charge is 0.215 e. The molecule has 1 atom stereocenters. The van der Waals surface area contributed by atoms with Crippen LogP contribution in [-0.2, 0) is 28.5 Å². The Kier molecular flexibility index (Phi) is 3.84. The SMILES string of the molecule is C[C@]12CCS(=O)(=O)N1CCc1c2n(Cc2cccc(Br)c2)c2ccccc12. The van der Waals surface area contributed by atoms with E-state index >= 15 is 0 Å². The molecule has 2 aromatic carbocycles. The van der Waals surface area contributed by atoms with Gasteiger partial charge in [0.15, 0.2) is 0 Å². The summed E-state index contributed by atoms with van der Waals surface area (Å²) in [4.78, 5) is 0. The van der Waals surface area contributed by atoms with E-state index in [1.165, 1.54) is 27.7 Å². The van der Waals surface area contributed by atoms with Crippen LogP contribution in [0.5, 0.6) is 0 Å². The van der Waals surface area contributed by atoms with Gasteiger partial charge in [0, 0.05) is 34.2 Å². The Balaban J connectivity index is 1.77. The van der Waals surface area contributed by atoms with Crippen LogP contribution in [0.15, 0.2) is 53.0 Å². The molecule has 3 heterocycles. The molecule has 3 aromatic rings. The number of benzene rings is 2. The van der Waals surface area contributed by atoms with Crippen molar-refractivity contribution in [2.24, 2.45) is 0 Å². The maximum atomic E-state index is 12.7. The van der Waals surface area contributed by atoms with E-state index in [4.69, 9.17) is 0 Å². The maximum Gasteiger partial charge on any atom is 0.215 e. The van der Waals surface area contributed by atoms with E-state index in [-0.39, 0.29) is 5.75 Å². The van der Waals surface area contributed by atoms with E-state index in [1.54, 1.807) is 4.31 Å². The average molecular weight is 445 g/mol. The highest BCUT2D eigenvalue weighted by Crippen LogP contribution is 2.48. The summed E-state index contributed by atoms with van der Waals surface area (Å²) < 4.78 is 30.5. The minimum absolute atomic E-state index is 0.237. The van der Waals surface area contributed by atoms with E-state index in [2.05, 4.69) is 63.8 Å². The molecule has 0 spiro atoms. The van der Waals surface area contributed by atoms with Crippen LogP contribution < -0.4 is 0 Å². The van der Waals surface area contributed by atoms with Crippen molar-refractivity contribution in [1.29, 1.82) is 0 Å². The van der Waals surface area contributed by atoms with Gasteiger partial charge in [0.05, 0.1) is 11.3 Å². The molecule has 0 N–H and O–H groups in total. The molecule has 5 rings (SSSR count). The minimum atomic E-state index is -3.17. The highest BCUT2D eigenvalue weighted by molar-refractivity contribution is 9.10. The van der Waals surface area contributed by atoms with Crippen molar-refractivity contribution in [3.63, 3.8) is 0 Å². The summed E-state index contributed by atoms with van der Waals surface area (Å²) in [5, 5.41) is 1.26. The van der Waals surface area contributed by atoms with Gasteiger partial charge in [-0.3, -0.25) is 0 Å². The predicted molar refractivity (Wildman–Crippen MR) is 111 cm³/mol. The van der Waals surface area contributed by atoms with Gasteiger partial charge in [0.1, 0.15) is 0 Å². The van der Waals surface area contributed by atoms with Crippen LogP contribution in [0.4, 0.5) is 0 Å². The Morgan fingerprint density at radius 1 is 1.15 bits per heavy atom. The Bertz CT molecular complexity index is 1170. The number of para-hydroxylation sites is 1. The van der Waals surface area contributed by atoms with Crippen LogP contribution in [0.1, 0.15) is 30.2 Å². The van der Waals surface area contributed by atoms with E-state index in [1.807, 2.05) is 12.1 Å². The molecule has 6 heteroatoms. The summed E-state index contributed by atoms with van der Waals surface area (Å²) in [7, 11) is -3.17. The number of aromatic nitrogens is 1. The second-order valence-electron chi connectivity index (χ2n) is 7.72. The molecule has 0 unspecified atom stereocenters. The molecule has 0 bridgehead atoms. The Labute approximate surface area is 168 Å². The lowest BCUT2D eigenvalue weighted by Gasteiger charge is -2.39. The van der Waals surface area contributed by atoms with Gasteiger partial charge in [-0.1, -0.05) is 46.3 Å². The highest BCUT2D eigenvalue weighted by Gasteiger charge is 2.52. The second-order valence-corrected chi connectivity index (χ2v) is 10.7. The molecule has 0 radical (unpaired) electrons. The van der Waals surface area contributed by atoms with Crippen LogP contribution in [0.25, 0.3) is 10.9 Å². The molecule has 2 aliphatic heterocycles. The van der Waals surface area contributed by atoms with Crippen LogP contribution in [0.3, 0.4) is 0 Å². The van der Waals surface area contributed by atoms with Gasteiger partial charge < -0.3 is 4.57 Å². The second kappa shape index (κ2) is 5.93. The Morgan fingerprint density at radius 3 is 2.78 bits per heavy atom. The summed E-state index contributed by atoms with van der Waals surface area (Å²) in [5.41, 5.74) is 4.43. The molecule has 2 aliphatic rings. The average Bonchev–Trinajstić information content (AvgIpc) is 3.08. The van der Waals surface area contributed by atoms with Gasteiger partial charge in [0.2, 0.25) is 10.0 Å². The topological polar surface area (TPSA) is 42.3 Å². The lowest BCUT2D eigenvalue weighted by Crippen LogP contribution is -2.47. The first-order valence-electron chi connectivity index (χ1n) is 9.26. The van der Waals surface area contributed by atoms with Crippen LogP contribution in [0, 0.1) is 0 Å². The molecule has 27 heavy (non-hydrogen) atoms. The molecule has 140 valence electrons. The van der Waals surface area contributed by atoms with Crippen molar-refractivity contribution in [2.45, 2.75) is 31.8 Å². The molecule has 0 amide bonds. The summed E-state index contributed by atoms with van der Waals surface area (Å²) in [6.07, 6.45) is 1.42. The summed E-state index contributed by atoms with van der Waals surface area (Å²) in [5.74, 6) is 0.237. The number of sulfonamides is 1. The van der Waals surface area contributed by atoms with Crippen molar-refractivity contribution >= 4 is 36.9 Å². The maximum absolute atomic E-state index is 12.7. The summed E-state index contributed by atoms with van der Waals surface area (Å²) in [6, 6.07) is 16.8. The van der Waals surface area contributed by atoms with Gasteiger partial charge in [-0.2, -0.15) is 4.31 Å². The molecule has 0 saturated carbocycles. The van der Waals surface area contributed by atoms with Gasteiger partial charge in [-0.25, -0.2) is 8.42 Å². The van der Waals surface area contributed by atoms with E-state index in [0.29, 0.717) is 13.0 Å². The van der Waals surface area contributed by atoms with Gasteiger partial charge in [0.25, 0.3) is 0 Å². The lowest BCUT2D eigenvalue weighted by molar-refractivity contribution is 0.201. The quantitative estimate of drug-likeness (QED) is 0.592. The van der Waals surface area contributed by atoms with E-state index in [0.717, 1.165) is 17.4 Å². The molecule has 4 nitrogen and oxygen atoms in total. The standard InChI is InChI=1S/C21H21BrN2O2S/c1-21-10-12-27(25,26)24(21)11-9-18-17-7-2-3-8-19(17)23(20(18)21)14-15-5-4-6-16(22)13-15/h2-8,13H,9-12,14H2,1H3/t21-/m1/s1. The van der Waals surface area contributed by atoms with Gasteiger partial charge in [-0.15, -0.1) is 0 Å². The molecular formula is C21H21BrN2O2S. The van der Waals surface area contributed by atoms with Crippen LogP contribution in [0.2, 0.25) is 0 Å². The first-order valence-corrected chi connectivity index (χ1v) is 11.7. The van der Waals surface area contributed by atoms with Crippen LogP contribution in [-0.4, -0.2) is 29.6 Å². The third-order valence-electron chi connectivity index (χ3n) is 6.11. The van der Waals surface area contributed by atoms with Crippen molar-refractivity contribution in [3.05, 3.63) is 69.8 Å². The van der Waals surface area contributed by atoms with Gasteiger partial charge in [-0.05, 0) is 49.1 Å². The van der Waals surface area contributed by atoms with Crippen LogP contribution >= 0.6 is 15.9 Å². The van der Waals surface area contributed by atoms with E-state index in [9.17, 15) is 8.42 Å². The molecular weight excluding hydrogens is 424 g/mol. The first-order chi connectivity index (χ1) is 12.9. The Hall–Kier alpha value is -1.63. The largest absolute Gasteiger partial charge is 0.338 e. The fourth-order valence-electron chi connectivity index (χ4n) is 4.93. The van der Waals surface area contributed by atoms with Crippen molar-refractivity contribution < 1.29 is 8.42 Å². The Morgan fingerprint density at radius 2 is 1.96 bits per heavy atom.